The number of carbonyl (C=O) groups excluding carboxylic acids is 2. The van der Waals surface area contributed by atoms with Crippen LogP contribution in [0.2, 0.25) is 0 Å². The highest BCUT2D eigenvalue weighted by Crippen LogP contribution is 2.37. The van der Waals surface area contributed by atoms with Crippen molar-refractivity contribution >= 4 is 11.8 Å². The van der Waals surface area contributed by atoms with Gasteiger partial charge in [-0.05, 0) is 49.9 Å². The molecule has 0 N–H and O–H groups in total. The van der Waals surface area contributed by atoms with Crippen LogP contribution in [0.1, 0.15) is 49.3 Å². The first kappa shape index (κ1) is 22.4. The van der Waals surface area contributed by atoms with E-state index in [4.69, 9.17) is 0 Å². The molecule has 2 aliphatic rings. The van der Waals surface area contributed by atoms with Gasteiger partial charge in [-0.1, -0.05) is 0 Å². The fourth-order valence-electron chi connectivity index (χ4n) is 4.08. The first-order valence-electron chi connectivity index (χ1n) is 9.73. The Hall–Kier alpha value is -2.26. The molecule has 1 aromatic rings. The Kier molecular flexibility index (Phi) is 6.06. The second-order valence-electron chi connectivity index (χ2n) is 7.97. The third-order valence-corrected chi connectivity index (χ3v) is 5.67. The molecular weight excluding hydrogens is 414 g/mol. The number of likely N-dealkylation sites (tertiary alicyclic amines) is 2. The number of piperidine rings is 1. The summed E-state index contributed by atoms with van der Waals surface area (Å²) in [7, 11) is 0. The van der Waals surface area contributed by atoms with E-state index in [9.17, 15) is 35.9 Å². The summed E-state index contributed by atoms with van der Waals surface area (Å²) in [6, 6.07) is 1.34. The zero-order valence-electron chi connectivity index (χ0n) is 16.3. The van der Waals surface area contributed by atoms with Gasteiger partial charge in [0.1, 0.15) is 0 Å². The van der Waals surface area contributed by atoms with Gasteiger partial charge in [0.15, 0.2) is 0 Å². The van der Waals surface area contributed by atoms with Gasteiger partial charge in [-0.3, -0.25) is 9.59 Å². The second kappa shape index (κ2) is 8.11. The second-order valence-corrected chi connectivity index (χ2v) is 7.97. The summed E-state index contributed by atoms with van der Waals surface area (Å²) in [5.41, 5.74) is -3.12. The van der Waals surface area contributed by atoms with Crippen molar-refractivity contribution in [3.63, 3.8) is 0 Å². The summed E-state index contributed by atoms with van der Waals surface area (Å²) in [6.45, 7) is 2.09. The van der Waals surface area contributed by atoms with Crippen molar-refractivity contribution in [2.45, 2.75) is 57.5 Å². The predicted octanol–water partition coefficient (Wildman–Crippen LogP) is 4.47. The Morgan fingerprint density at radius 3 is 2.17 bits per heavy atom. The van der Waals surface area contributed by atoms with Crippen LogP contribution in [0.15, 0.2) is 18.2 Å². The zero-order chi connectivity index (χ0) is 22.3. The largest absolute Gasteiger partial charge is 0.416 e. The van der Waals surface area contributed by atoms with E-state index in [-0.39, 0.29) is 36.5 Å². The van der Waals surface area contributed by atoms with Crippen molar-refractivity contribution in [2.24, 2.45) is 5.92 Å². The van der Waals surface area contributed by atoms with Gasteiger partial charge in [0.25, 0.3) is 0 Å². The number of benzene rings is 1. The number of carbonyl (C=O) groups is 2. The lowest BCUT2D eigenvalue weighted by atomic mass is 9.99. The highest BCUT2D eigenvalue weighted by Gasteiger charge is 2.40. The van der Waals surface area contributed by atoms with E-state index in [0.717, 1.165) is 24.2 Å². The van der Waals surface area contributed by atoms with E-state index >= 15 is 0 Å². The standard InChI is InChI=1S/C20H22F6N2O2/c1-12-4-2-3-5-28(12)18(30)14-8-17(29)27(11-14)10-13-6-15(19(21,22)23)9-16(7-13)20(24,25)26/h6-7,9,12,14H,2-5,8,10-11H2,1H3. The molecule has 2 heterocycles. The summed E-state index contributed by atoms with van der Waals surface area (Å²) in [5, 5.41) is 0. The molecule has 0 aliphatic carbocycles. The third kappa shape index (κ3) is 4.89. The maximum absolute atomic E-state index is 13.0. The van der Waals surface area contributed by atoms with E-state index in [2.05, 4.69) is 0 Å². The highest BCUT2D eigenvalue weighted by molar-refractivity contribution is 5.89. The van der Waals surface area contributed by atoms with Gasteiger partial charge in [-0.25, -0.2) is 0 Å². The smallest absolute Gasteiger partial charge is 0.340 e. The molecule has 2 fully saturated rings. The normalized spacial score (nSPS) is 23.2. The van der Waals surface area contributed by atoms with E-state index in [0.29, 0.717) is 18.7 Å². The van der Waals surface area contributed by atoms with Crippen LogP contribution < -0.4 is 0 Å². The first-order valence-corrected chi connectivity index (χ1v) is 9.73. The molecule has 0 radical (unpaired) electrons. The van der Waals surface area contributed by atoms with Crippen LogP contribution in [-0.4, -0.2) is 40.7 Å². The monoisotopic (exact) mass is 436 g/mol. The Bertz CT molecular complexity index is 788. The maximum atomic E-state index is 13.0. The summed E-state index contributed by atoms with van der Waals surface area (Å²) in [6.07, 6.45) is -7.25. The van der Waals surface area contributed by atoms with Gasteiger partial charge >= 0.3 is 12.4 Å². The van der Waals surface area contributed by atoms with Gasteiger partial charge in [-0.2, -0.15) is 26.3 Å². The van der Waals surface area contributed by atoms with Crippen LogP contribution in [0.4, 0.5) is 26.3 Å². The van der Waals surface area contributed by atoms with Gasteiger partial charge in [-0.15, -0.1) is 0 Å². The number of alkyl halides is 6. The molecule has 166 valence electrons. The average Bonchev–Trinajstić information content (AvgIpc) is 3.00. The fourth-order valence-corrected chi connectivity index (χ4v) is 4.08. The molecule has 3 rings (SSSR count). The molecule has 0 aromatic heterocycles. The van der Waals surface area contributed by atoms with E-state index in [1.807, 2.05) is 6.92 Å². The topological polar surface area (TPSA) is 40.6 Å². The van der Waals surface area contributed by atoms with E-state index in [1.165, 1.54) is 0 Å². The minimum atomic E-state index is -4.95. The fraction of sp³-hybridized carbons (Fsp3) is 0.600. The third-order valence-electron chi connectivity index (χ3n) is 5.67. The number of rotatable bonds is 3. The molecule has 1 aromatic carbocycles. The lowest BCUT2D eigenvalue weighted by Crippen LogP contribution is -2.45. The maximum Gasteiger partial charge on any atom is 0.416 e. The molecule has 10 heteroatoms. The average molecular weight is 436 g/mol. The Morgan fingerprint density at radius 1 is 1.03 bits per heavy atom. The van der Waals surface area contributed by atoms with E-state index < -0.39 is 41.8 Å². The predicted molar refractivity (Wildman–Crippen MR) is 95.0 cm³/mol. The highest BCUT2D eigenvalue weighted by atomic mass is 19.4. The van der Waals surface area contributed by atoms with Gasteiger partial charge in [0.05, 0.1) is 17.0 Å². The van der Waals surface area contributed by atoms with E-state index in [1.54, 1.807) is 4.90 Å². The molecule has 2 atom stereocenters. The number of amides is 2. The zero-order valence-corrected chi connectivity index (χ0v) is 16.3. The Balaban J connectivity index is 1.78. The summed E-state index contributed by atoms with van der Waals surface area (Å²) < 4.78 is 78.2. The molecular formula is C20H22F6N2O2. The quantitative estimate of drug-likeness (QED) is 0.656. The van der Waals surface area contributed by atoms with Crippen molar-refractivity contribution in [1.29, 1.82) is 0 Å². The van der Waals surface area contributed by atoms with Crippen LogP contribution >= 0.6 is 0 Å². The minimum Gasteiger partial charge on any atom is -0.340 e. The molecule has 2 aliphatic heterocycles. The molecule has 30 heavy (non-hydrogen) atoms. The SMILES string of the molecule is CC1CCCCN1C(=O)C1CC(=O)N(Cc2cc(C(F)(F)F)cc(C(F)(F)F)c2)C1. The molecule has 0 saturated carbocycles. The van der Waals surface area contributed by atoms with Gasteiger partial charge in [0.2, 0.25) is 11.8 Å². The molecule has 0 spiro atoms. The summed E-state index contributed by atoms with van der Waals surface area (Å²) in [4.78, 5) is 28.0. The molecule has 4 nitrogen and oxygen atoms in total. The summed E-state index contributed by atoms with van der Waals surface area (Å²) >= 11 is 0. The molecule has 0 bridgehead atoms. The molecule has 2 unspecified atom stereocenters. The van der Waals surface area contributed by atoms with Crippen LogP contribution in [0, 0.1) is 5.92 Å². The van der Waals surface area contributed by atoms with Crippen LogP contribution in [0.25, 0.3) is 0 Å². The number of halogens is 6. The number of hydrogen-bond donors (Lipinski definition) is 0. The number of hydrogen-bond acceptors (Lipinski definition) is 2. The Morgan fingerprint density at radius 2 is 1.63 bits per heavy atom. The van der Waals surface area contributed by atoms with Crippen LogP contribution in [0.5, 0.6) is 0 Å². The van der Waals surface area contributed by atoms with Crippen molar-refractivity contribution in [3.05, 3.63) is 34.9 Å². The van der Waals surface area contributed by atoms with Crippen molar-refractivity contribution in [2.75, 3.05) is 13.1 Å². The summed E-state index contributed by atoms with van der Waals surface area (Å²) in [5.74, 6) is -1.27. The lowest BCUT2D eigenvalue weighted by Gasteiger charge is -2.35. The molecule has 2 saturated heterocycles. The van der Waals surface area contributed by atoms with Crippen molar-refractivity contribution < 1.29 is 35.9 Å². The first-order chi connectivity index (χ1) is 13.9. The van der Waals surface area contributed by atoms with Gasteiger partial charge in [0, 0.05) is 32.1 Å². The van der Waals surface area contributed by atoms with Crippen molar-refractivity contribution in [3.8, 4) is 0 Å². The Labute approximate surface area is 169 Å². The van der Waals surface area contributed by atoms with Gasteiger partial charge < -0.3 is 9.80 Å². The molecule has 2 amide bonds. The van der Waals surface area contributed by atoms with Crippen LogP contribution in [0.3, 0.4) is 0 Å². The van der Waals surface area contributed by atoms with Crippen LogP contribution in [-0.2, 0) is 28.5 Å². The minimum absolute atomic E-state index is 0.0154. The number of nitrogens with zero attached hydrogens (tertiary/aromatic N) is 2. The lowest BCUT2D eigenvalue weighted by molar-refractivity contribution is -0.143. The van der Waals surface area contributed by atoms with Crippen molar-refractivity contribution in [1.82, 2.24) is 9.80 Å².